The lowest BCUT2D eigenvalue weighted by Gasteiger charge is -2.32. The number of nitrogens with one attached hydrogen (secondary N) is 1. The smallest absolute Gasteiger partial charge is 0.255 e. The van der Waals surface area contributed by atoms with Crippen molar-refractivity contribution in [2.24, 2.45) is 11.8 Å². The molecule has 1 fully saturated rings. The number of ether oxygens (including phenoxy) is 1. The molecule has 0 bridgehead atoms. The zero-order chi connectivity index (χ0) is 16.9. The molecule has 4 heteroatoms. The van der Waals surface area contributed by atoms with Crippen LogP contribution in [0.4, 0.5) is 0 Å². The molecule has 1 aliphatic heterocycles. The third kappa shape index (κ3) is 4.38. The van der Waals surface area contributed by atoms with Crippen LogP contribution in [0.2, 0.25) is 0 Å². The van der Waals surface area contributed by atoms with Crippen molar-refractivity contribution in [1.82, 2.24) is 9.88 Å². The van der Waals surface area contributed by atoms with Crippen molar-refractivity contribution in [3.05, 3.63) is 40.8 Å². The van der Waals surface area contributed by atoms with Crippen LogP contribution in [0.5, 0.6) is 5.75 Å². The zero-order valence-corrected chi connectivity index (χ0v) is 14.8. The number of hydrogen-bond donors (Lipinski definition) is 1. The number of piperidine rings is 1. The van der Waals surface area contributed by atoms with Crippen LogP contribution in [0, 0.1) is 11.8 Å². The molecule has 0 saturated carbocycles. The molecule has 0 spiro atoms. The standard InChI is InChI=1S/C20H28N2O2/c1-15(2)6-10-22-11-7-16(8-12-22)14-24-18-3-4-19-17(13-18)5-9-21-20(19)23/h3-5,9,13,15-16H,6-8,10-12,14H2,1-2H3,(H,21,23). The topological polar surface area (TPSA) is 45.3 Å². The van der Waals surface area contributed by atoms with E-state index in [1.165, 1.54) is 38.9 Å². The van der Waals surface area contributed by atoms with E-state index in [0.29, 0.717) is 11.3 Å². The fourth-order valence-corrected chi connectivity index (χ4v) is 3.29. The molecular formula is C20H28N2O2. The summed E-state index contributed by atoms with van der Waals surface area (Å²) in [5.41, 5.74) is -0.0483. The molecule has 1 aromatic heterocycles. The number of benzene rings is 1. The number of fused-ring (bicyclic) bond motifs is 1. The Hall–Kier alpha value is -1.81. The summed E-state index contributed by atoms with van der Waals surface area (Å²) in [5, 5.41) is 1.64. The molecule has 3 rings (SSSR count). The van der Waals surface area contributed by atoms with Gasteiger partial charge in [-0.25, -0.2) is 0 Å². The molecule has 2 heterocycles. The van der Waals surface area contributed by atoms with E-state index >= 15 is 0 Å². The van der Waals surface area contributed by atoms with Crippen molar-refractivity contribution in [1.29, 1.82) is 0 Å². The van der Waals surface area contributed by atoms with Gasteiger partial charge in [-0.2, -0.15) is 0 Å². The van der Waals surface area contributed by atoms with Gasteiger partial charge in [0.1, 0.15) is 5.75 Å². The van der Waals surface area contributed by atoms with E-state index in [9.17, 15) is 4.79 Å². The summed E-state index contributed by atoms with van der Waals surface area (Å²) in [4.78, 5) is 17.0. The van der Waals surface area contributed by atoms with Gasteiger partial charge < -0.3 is 14.6 Å². The Balaban J connectivity index is 1.49. The first-order valence-electron chi connectivity index (χ1n) is 9.08. The van der Waals surface area contributed by atoms with Crippen molar-refractivity contribution < 1.29 is 4.74 Å². The maximum Gasteiger partial charge on any atom is 0.255 e. The van der Waals surface area contributed by atoms with E-state index in [1.54, 1.807) is 6.20 Å². The van der Waals surface area contributed by atoms with Gasteiger partial charge in [0, 0.05) is 11.6 Å². The van der Waals surface area contributed by atoms with Gasteiger partial charge in [0.25, 0.3) is 5.56 Å². The molecule has 4 nitrogen and oxygen atoms in total. The van der Waals surface area contributed by atoms with E-state index in [0.717, 1.165) is 23.7 Å². The van der Waals surface area contributed by atoms with E-state index in [4.69, 9.17) is 4.74 Å². The van der Waals surface area contributed by atoms with Crippen molar-refractivity contribution in [2.75, 3.05) is 26.2 Å². The number of nitrogens with zero attached hydrogens (tertiary/aromatic N) is 1. The Morgan fingerprint density at radius 3 is 2.79 bits per heavy atom. The molecule has 1 saturated heterocycles. The second-order valence-corrected chi connectivity index (χ2v) is 7.33. The van der Waals surface area contributed by atoms with Gasteiger partial charge in [0.2, 0.25) is 0 Å². The van der Waals surface area contributed by atoms with Crippen LogP contribution in [0.3, 0.4) is 0 Å². The number of hydrogen-bond acceptors (Lipinski definition) is 3. The Kier molecular flexibility index (Phi) is 5.56. The fraction of sp³-hybridized carbons (Fsp3) is 0.550. The quantitative estimate of drug-likeness (QED) is 0.880. The maximum atomic E-state index is 11.7. The molecule has 1 N–H and O–H groups in total. The molecule has 0 atom stereocenters. The molecular weight excluding hydrogens is 300 g/mol. The monoisotopic (exact) mass is 328 g/mol. The van der Waals surface area contributed by atoms with Crippen LogP contribution in [0.25, 0.3) is 10.8 Å². The molecule has 1 aliphatic rings. The average Bonchev–Trinajstić information content (AvgIpc) is 2.59. The summed E-state index contributed by atoms with van der Waals surface area (Å²) in [5.74, 6) is 2.27. The minimum Gasteiger partial charge on any atom is -0.493 e. The largest absolute Gasteiger partial charge is 0.493 e. The summed E-state index contributed by atoms with van der Waals surface area (Å²) in [6.07, 6.45) is 5.40. The van der Waals surface area contributed by atoms with Gasteiger partial charge >= 0.3 is 0 Å². The number of aromatic amines is 1. The number of aromatic nitrogens is 1. The van der Waals surface area contributed by atoms with Crippen LogP contribution in [-0.2, 0) is 0 Å². The summed E-state index contributed by atoms with van der Waals surface area (Å²) < 4.78 is 6.00. The lowest BCUT2D eigenvalue weighted by Crippen LogP contribution is -2.36. The average molecular weight is 328 g/mol. The maximum absolute atomic E-state index is 11.7. The first-order chi connectivity index (χ1) is 11.6. The van der Waals surface area contributed by atoms with E-state index in [-0.39, 0.29) is 5.56 Å². The lowest BCUT2D eigenvalue weighted by atomic mass is 9.97. The number of pyridine rings is 1. The van der Waals surface area contributed by atoms with E-state index < -0.39 is 0 Å². The highest BCUT2D eigenvalue weighted by molar-refractivity contribution is 5.82. The highest BCUT2D eigenvalue weighted by Gasteiger charge is 2.19. The number of likely N-dealkylation sites (tertiary alicyclic amines) is 1. The Labute approximate surface area is 143 Å². The molecule has 0 amide bonds. The van der Waals surface area contributed by atoms with Crippen LogP contribution in [-0.4, -0.2) is 36.1 Å². The van der Waals surface area contributed by atoms with Crippen molar-refractivity contribution in [3.63, 3.8) is 0 Å². The second kappa shape index (κ2) is 7.84. The predicted octanol–water partition coefficient (Wildman–Crippen LogP) is 3.67. The van der Waals surface area contributed by atoms with Gasteiger partial charge in [0.05, 0.1) is 6.61 Å². The normalized spacial score (nSPS) is 16.8. The molecule has 2 aromatic rings. The van der Waals surface area contributed by atoms with Gasteiger partial charge in [-0.1, -0.05) is 13.8 Å². The van der Waals surface area contributed by atoms with Crippen molar-refractivity contribution in [2.45, 2.75) is 33.1 Å². The molecule has 130 valence electrons. The third-order valence-corrected chi connectivity index (χ3v) is 4.96. The number of rotatable bonds is 6. The molecule has 0 radical (unpaired) electrons. The minimum atomic E-state index is -0.0483. The first-order valence-corrected chi connectivity index (χ1v) is 9.08. The summed E-state index contributed by atoms with van der Waals surface area (Å²) in [6.45, 7) is 8.95. The minimum absolute atomic E-state index is 0.0483. The lowest BCUT2D eigenvalue weighted by molar-refractivity contribution is 0.137. The Morgan fingerprint density at radius 2 is 2.04 bits per heavy atom. The summed E-state index contributed by atoms with van der Waals surface area (Å²) in [7, 11) is 0. The molecule has 0 unspecified atom stereocenters. The zero-order valence-electron chi connectivity index (χ0n) is 14.8. The van der Waals surface area contributed by atoms with Crippen LogP contribution < -0.4 is 10.3 Å². The fourth-order valence-electron chi connectivity index (χ4n) is 3.29. The molecule has 24 heavy (non-hydrogen) atoms. The van der Waals surface area contributed by atoms with E-state index in [2.05, 4.69) is 23.7 Å². The van der Waals surface area contributed by atoms with Crippen LogP contribution in [0.1, 0.15) is 33.1 Å². The SMILES string of the molecule is CC(C)CCN1CCC(COc2ccc3c(=O)[nH]ccc3c2)CC1. The Morgan fingerprint density at radius 1 is 1.25 bits per heavy atom. The van der Waals surface area contributed by atoms with Gasteiger partial charge in [-0.15, -0.1) is 0 Å². The van der Waals surface area contributed by atoms with Crippen molar-refractivity contribution >= 4 is 10.8 Å². The number of H-pyrrole nitrogens is 1. The van der Waals surface area contributed by atoms with E-state index in [1.807, 2.05) is 24.3 Å². The highest BCUT2D eigenvalue weighted by Crippen LogP contribution is 2.22. The summed E-state index contributed by atoms with van der Waals surface area (Å²) in [6, 6.07) is 7.62. The predicted molar refractivity (Wildman–Crippen MR) is 98.7 cm³/mol. The highest BCUT2D eigenvalue weighted by atomic mass is 16.5. The summed E-state index contributed by atoms with van der Waals surface area (Å²) >= 11 is 0. The molecule has 1 aromatic carbocycles. The first kappa shape index (κ1) is 17.0. The van der Waals surface area contributed by atoms with Crippen molar-refractivity contribution in [3.8, 4) is 5.75 Å². The second-order valence-electron chi connectivity index (χ2n) is 7.33. The third-order valence-electron chi connectivity index (χ3n) is 4.96. The van der Waals surface area contributed by atoms with Gasteiger partial charge in [-0.3, -0.25) is 4.79 Å². The molecule has 0 aliphatic carbocycles. The van der Waals surface area contributed by atoms with Gasteiger partial charge in [0.15, 0.2) is 0 Å². The van der Waals surface area contributed by atoms with Crippen LogP contribution >= 0.6 is 0 Å². The van der Waals surface area contributed by atoms with Crippen LogP contribution in [0.15, 0.2) is 35.3 Å². The Bertz CT molecular complexity index is 715. The van der Waals surface area contributed by atoms with Gasteiger partial charge in [-0.05, 0) is 80.4 Å².